The average molecular weight is 505 g/mol. The van der Waals surface area contributed by atoms with E-state index in [1.54, 1.807) is 36.4 Å². The van der Waals surface area contributed by atoms with Gasteiger partial charge in [0.25, 0.3) is 10.1 Å². The van der Waals surface area contributed by atoms with Crippen molar-refractivity contribution in [3.63, 3.8) is 0 Å². The van der Waals surface area contributed by atoms with Crippen molar-refractivity contribution in [2.75, 3.05) is 24.4 Å². The summed E-state index contributed by atoms with van der Waals surface area (Å²) >= 11 is 0. The van der Waals surface area contributed by atoms with Crippen LogP contribution in [-0.4, -0.2) is 43.3 Å². The first-order valence-corrected chi connectivity index (χ1v) is 12.2. The molecule has 1 N–H and O–H groups in total. The molecule has 1 amide bonds. The van der Waals surface area contributed by atoms with Crippen molar-refractivity contribution in [2.45, 2.75) is 19.9 Å². The van der Waals surface area contributed by atoms with Gasteiger partial charge in [-0.1, -0.05) is 12.1 Å². The Balaban J connectivity index is 1.90. The lowest BCUT2D eigenvalue weighted by atomic mass is 10.1. The third-order valence-electron chi connectivity index (χ3n) is 4.87. The van der Waals surface area contributed by atoms with Crippen LogP contribution in [0.3, 0.4) is 0 Å². The first-order chi connectivity index (χ1) is 16.7. The molecular formula is C24H25FN2O7S. The normalized spacial score (nSPS) is 11.1. The molecule has 1 heterocycles. The largest absolute Gasteiger partial charge is 0.497 e. The third kappa shape index (κ3) is 7.39. The summed E-state index contributed by atoms with van der Waals surface area (Å²) in [5.41, 5.74) is 0.871. The summed E-state index contributed by atoms with van der Waals surface area (Å²) < 4.78 is 61.7. The molecule has 0 bridgehead atoms. The van der Waals surface area contributed by atoms with Crippen LogP contribution in [0.4, 0.5) is 10.1 Å². The van der Waals surface area contributed by atoms with Gasteiger partial charge in [-0.15, -0.1) is 0 Å². The zero-order valence-corrected chi connectivity index (χ0v) is 20.0. The topological polar surface area (TPSA) is 115 Å². The van der Waals surface area contributed by atoms with Gasteiger partial charge in [-0.2, -0.15) is 8.42 Å². The zero-order valence-electron chi connectivity index (χ0n) is 19.2. The van der Waals surface area contributed by atoms with E-state index in [2.05, 4.69) is 4.98 Å². The van der Waals surface area contributed by atoms with E-state index < -0.39 is 21.7 Å². The van der Waals surface area contributed by atoms with Crippen molar-refractivity contribution < 1.29 is 36.4 Å². The number of para-hydroxylation sites is 1. The summed E-state index contributed by atoms with van der Waals surface area (Å²) in [6.45, 7) is 1.42. The van der Waals surface area contributed by atoms with E-state index in [-0.39, 0.29) is 37.1 Å². The monoisotopic (exact) mass is 504 g/mol. The van der Waals surface area contributed by atoms with Crippen LogP contribution in [0.1, 0.15) is 18.9 Å². The fourth-order valence-corrected chi connectivity index (χ4v) is 3.69. The number of carbonyl (C=O) groups is 1. The summed E-state index contributed by atoms with van der Waals surface area (Å²) in [6.07, 6.45) is 1.54. The average Bonchev–Trinajstić information content (AvgIpc) is 2.82. The molecule has 186 valence electrons. The summed E-state index contributed by atoms with van der Waals surface area (Å²) in [4.78, 5) is 18.2. The lowest BCUT2D eigenvalue weighted by Gasteiger charge is -2.24. The molecule has 0 radical (unpaired) electrons. The van der Waals surface area contributed by atoms with Gasteiger partial charge in [-0.25, -0.2) is 9.37 Å². The first kappa shape index (κ1) is 25.9. The highest BCUT2D eigenvalue weighted by Gasteiger charge is 2.21. The zero-order chi connectivity index (χ0) is 25.4. The van der Waals surface area contributed by atoms with E-state index >= 15 is 0 Å². The number of amides is 1. The highest BCUT2D eigenvalue weighted by atomic mass is 32.2. The van der Waals surface area contributed by atoms with Gasteiger partial charge in [0.2, 0.25) is 11.8 Å². The van der Waals surface area contributed by atoms with E-state index in [1.807, 2.05) is 0 Å². The number of carbonyl (C=O) groups excluding carboxylic acids is 1. The number of nitrogens with zero attached hydrogens (tertiary/aromatic N) is 2. The molecule has 35 heavy (non-hydrogen) atoms. The molecule has 9 nitrogen and oxygen atoms in total. The standard InChI is InChI=1S/C24H25FN2O7S/c1-17(28)27(21-8-5-12-26-24(21)34-23-9-4-3-7-20(23)25)16-18-15-19(32-2)10-11-22(18)33-13-6-14-35(29,30)31/h3-5,7-12,15H,6,13-14,16H2,1-2H3,(H,29,30,31). The minimum Gasteiger partial charge on any atom is -0.497 e. The van der Waals surface area contributed by atoms with Crippen molar-refractivity contribution >= 4 is 21.7 Å². The lowest BCUT2D eigenvalue weighted by Crippen LogP contribution is -2.28. The highest BCUT2D eigenvalue weighted by Crippen LogP contribution is 2.34. The Morgan fingerprint density at radius 2 is 1.89 bits per heavy atom. The molecule has 0 aliphatic rings. The third-order valence-corrected chi connectivity index (χ3v) is 5.67. The van der Waals surface area contributed by atoms with Crippen LogP contribution in [-0.2, 0) is 21.5 Å². The Morgan fingerprint density at radius 3 is 2.57 bits per heavy atom. The molecule has 0 unspecified atom stereocenters. The molecule has 3 aromatic rings. The number of aromatic nitrogens is 1. The highest BCUT2D eigenvalue weighted by molar-refractivity contribution is 7.85. The van der Waals surface area contributed by atoms with E-state index in [1.165, 1.54) is 43.3 Å². The Morgan fingerprint density at radius 1 is 1.11 bits per heavy atom. The summed E-state index contributed by atoms with van der Waals surface area (Å²) in [7, 11) is -2.60. The molecule has 1 aromatic heterocycles. The molecule has 0 saturated heterocycles. The molecular weight excluding hydrogens is 479 g/mol. The molecule has 0 spiro atoms. The second-order valence-electron chi connectivity index (χ2n) is 7.43. The number of anilines is 1. The lowest BCUT2D eigenvalue weighted by molar-refractivity contribution is -0.116. The van der Waals surface area contributed by atoms with E-state index in [9.17, 15) is 17.6 Å². The minimum absolute atomic E-state index is 0.0216. The maximum Gasteiger partial charge on any atom is 0.264 e. The van der Waals surface area contributed by atoms with Crippen LogP contribution in [0.15, 0.2) is 60.8 Å². The summed E-state index contributed by atoms with van der Waals surface area (Å²) in [5.74, 6) is -0.449. The van der Waals surface area contributed by atoms with Crippen LogP contribution in [0.25, 0.3) is 0 Å². The van der Waals surface area contributed by atoms with Gasteiger partial charge in [-0.3, -0.25) is 9.35 Å². The Hall–Kier alpha value is -3.70. The van der Waals surface area contributed by atoms with Crippen LogP contribution in [0, 0.1) is 5.82 Å². The van der Waals surface area contributed by atoms with Crippen molar-refractivity contribution in [3.8, 4) is 23.1 Å². The number of hydrogen-bond donors (Lipinski definition) is 1. The number of halogens is 1. The minimum atomic E-state index is -4.10. The number of pyridine rings is 1. The van der Waals surface area contributed by atoms with Gasteiger partial charge < -0.3 is 19.1 Å². The number of hydrogen-bond acceptors (Lipinski definition) is 7. The van der Waals surface area contributed by atoms with E-state index in [0.717, 1.165) is 0 Å². The van der Waals surface area contributed by atoms with E-state index in [4.69, 9.17) is 18.8 Å². The number of benzene rings is 2. The van der Waals surface area contributed by atoms with Crippen molar-refractivity contribution in [3.05, 3.63) is 72.2 Å². The van der Waals surface area contributed by atoms with Crippen molar-refractivity contribution in [1.29, 1.82) is 0 Å². The Labute approximate surface area is 202 Å². The number of methoxy groups -OCH3 is 1. The van der Waals surface area contributed by atoms with Crippen LogP contribution in [0.5, 0.6) is 23.1 Å². The summed E-state index contributed by atoms with van der Waals surface area (Å²) in [6, 6.07) is 14.1. The second kappa shape index (κ2) is 11.6. The smallest absolute Gasteiger partial charge is 0.264 e. The number of ether oxygens (including phenoxy) is 3. The Kier molecular flexibility index (Phi) is 8.61. The fourth-order valence-electron chi connectivity index (χ4n) is 3.21. The van der Waals surface area contributed by atoms with Gasteiger partial charge in [0.15, 0.2) is 11.6 Å². The molecule has 0 aliphatic carbocycles. The maximum absolute atomic E-state index is 14.2. The quantitative estimate of drug-likeness (QED) is 0.305. The summed E-state index contributed by atoms with van der Waals surface area (Å²) in [5, 5.41) is 0. The predicted octanol–water partition coefficient (Wildman–Crippen LogP) is 4.23. The van der Waals surface area contributed by atoms with Crippen LogP contribution < -0.4 is 19.1 Å². The van der Waals surface area contributed by atoms with Gasteiger partial charge in [0.1, 0.15) is 17.2 Å². The molecule has 0 fully saturated rings. The molecule has 0 atom stereocenters. The Bertz CT molecular complexity index is 1280. The van der Waals surface area contributed by atoms with Crippen molar-refractivity contribution in [2.24, 2.45) is 0 Å². The molecule has 0 aliphatic heterocycles. The molecule has 11 heteroatoms. The molecule has 0 saturated carbocycles. The van der Waals surface area contributed by atoms with Crippen molar-refractivity contribution in [1.82, 2.24) is 4.98 Å². The molecule has 2 aromatic carbocycles. The second-order valence-corrected chi connectivity index (χ2v) is 9.00. The van der Waals surface area contributed by atoms with Gasteiger partial charge in [-0.05, 0) is 48.9 Å². The predicted molar refractivity (Wildman–Crippen MR) is 127 cm³/mol. The van der Waals surface area contributed by atoms with Gasteiger partial charge in [0.05, 0.1) is 26.0 Å². The van der Waals surface area contributed by atoms with Gasteiger partial charge in [0, 0.05) is 18.7 Å². The fraction of sp³-hybridized carbons (Fsp3) is 0.250. The SMILES string of the molecule is COc1ccc(OCCCS(=O)(=O)O)c(CN(C(C)=O)c2cccnc2Oc2ccccc2F)c1. The number of rotatable bonds is 11. The first-order valence-electron chi connectivity index (χ1n) is 10.6. The van der Waals surface area contributed by atoms with Crippen LogP contribution >= 0.6 is 0 Å². The molecule has 3 rings (SSSR count). The van der Waals surface area contributed by atoms with Crippen LogP contribution in [0.2, 0.25) is 0 Å². The maximum atomic E-state index is 14.2. The van der Waals surface area contributed by atoms with E-state index in [0.29, 0.717) is 22.7 Å². The van der Waals surface area contributed by atoms with Gasteiger partial charge >= 0.3 is 0 Å².